The molecule has 1 aromatic heterocycles. The van der Waals surface area contributed by atoms with Gasteiger partial charge in [-0.2, -0.15) is 0 Å². The summed E-state index contributed by atoms with van der Waals surface area (Å²) in [6.07, 6.45) is 1.38. The van der Waals surface area contributed by atoms with Gasteiger partial charge in [-0.05, 0) is 6.92 Å². The fraction of sp³-hybridized carbons (Fsp3) is 0.231. The number of anilines is 2. The largest absolute Gasteiger partial charge is 0.497 e. The van der Waals surface area contributed by atoms with Gasteiger partial charge in [-0.15, -0.1) is 0 Å². The second-order valence-corrected chi connectivity index (χ2v) is 3.92. The fourth-order valence-electron chi connectivity index (χ4n) is 1.84. The number of pyridine rings is 1. The summed E-state index contributed by atoms with van der Waals surface area (Å²) in [7, 11) is 1.54. The predicted octanol–water partition coefficient (Wildman–Crippen LogP) is 1.58. The van der Waals surface area contributed by atoms with Crippen molar-refractivity contribution in [2.45, 2.75) is 6.92 Å². The van der Waals surface area contributed by atoms with Gasteiger partial charge in [0.05, 0.1) is 24.9 Å². The van der Waals surface area contributed by atoms with Crippen LogP contribution in [0.2, 0.25) is 0 Å². The van der Waals surface area contributed by atoms with Gasteiger partial charge in [0, 0.05) is 29.4 Å². The van der Waals surface area contributed by atoms with Crippen LogP contribution in [0, 0.1) is 0 Å². The van der Waals surface area contributed by atoms with Crippen LogP contribution in [-0.2, 0) is 4.74 Å². The first-order valence-corrected chi connectivity index (χ1v) is 5.77. The monoisotopic (exact) mass is 261 g/mol. The summed E-state index contributed by atoms with van der Waals surface area (Å²) < 4.78 is 10.0. The highest BCUT2D eigenvalue weighted by atomic mass is 16.5. The Morgan fingerprint density at radius 2 is 2.11 bits per heavy atom. The number of methoxy groups -OCH3 is 1. The van der Waals surface area contributed by atoms with E-state index in [2.05, 4.69) is 4.98 Å². The van der Waals surface area contributed by atoms with Gasteiger partial charge in [-0.3, -0.25) is 4.98 Å². The molecule has 0 amide bonds. The third-order valence-corrected chi connectivity index (χ3v) is 2.74. The molecule has 0 atom stereocenters. The van der Waals surface area contributed by atoms with Crippen LogP contribution in [0.25, 0.3) is 10.9 Å². The molecular weight excluding hydrogens is 246 g/mol. The highest BCUT2D eigenvalue weighted by Gasteiger charge is 2.16. The van der Waals surface area contributed by atoms with Gasteiger partial charge in [-0.1, -0.05) is 0 Å². The number of nitrogens with zero attached hydrogens (tertiary/aromatic N) is 1. The number of benzene rings is 1. The van der Waals surface area contributed by atoms with Crippen LogP contribution in [0.1, 0.15) is 17.3 Å². The topological polar surface area (TPSA) is 100 Å². The van der Waals surface area contributed by atoms with Gasteiger partial charge in [0.1, 0.15) is 11.3 Å². The van der Waals surface area contributed by atoms with Crippen LogP contribution in [0.4, 0.5) is 11.4 Å². The third-order valence-electron chi connectivity index (χ3n) is 2.74. The quantitative estimate of drug-likeness (QED) is 0.642. The molecule has 0 aliphatic carbocycles. The Balaban J connectivity index is 2.65. The van der Waals surface area contributed by atoms with E-state index in [9.17, 15) is 4.79 Å². The van der Waals surface area contributed by atoms with E-state index in [-0.39, 0.29) is 17.9 Å². The van der Waals surface area contributed by atoms with Crippen LogP contribution < -0.4 is 16.2 Å². The summed E-state index contributed by atoms with van der Waals surface area (Å²) >= 11 is 0. The minimum Gasteiger partial charge on any atom is -0.497 e. The molecule has 0 bridgehead atoms. The number of ether oxygens (including phenoxy) is 2. The molecule has 0 fully saturated rings. The Kier molecular flexibility index (Phi) is 3.41. The number of nitrogens with two attached hydrogens (primary N) is 2. The standard InChI is InChI=1S/C13H15N3O3/c1-3-19-13(17)8-6-16-10-5-7(18-2)4-9(14)11(10)12(8)15/h4-6H,3,14H2,1-2H3,(H2,15,16). The first kappa shape index (κ1) is 12.9. The van der Waals surface area contributed by atoms with Crippen LogP contribution in [-0.4, -0.2) is 24.7 Å². The van der Waals surface area contributed by atoms with E-state index >= 15 is 0 Å². The minimum atomic E-state index is -0.510. The van der Waals surface area contributed by atoms with Crippen molar-refractivity contribution in [2.75, 3.05) is 25.2 Å². The molecule has 2 rings (SSSR count). The van der Waals surface area contributed by atoms with Gasteiger partial charge >= 0.3 is 5.97 Å². The second kappa shape index (κ2) is 5.01. The first-order valence-electron chi connectivity index (χ1n) is 5.77. The van der Waals surface area contributed by atoms with Crippen LogP contribution in [0.5, 0.6) is 5.75 Å². The average Bonchev–Trinajstić information content (AvgIpc) is 2.38. The summed E-state index contributed by atoms with van der Waals surface area (Å²) in [6, 6.07) is 3.34. The highest BCUT2D eigenvalue weighted by Crippen LogP contribution is 2.32. The lowest BCUT2D eigenvalue weighted by atomic mass is 10.1. The molecule has 0 aliphatic rings. The minimum absolute atomic E-state index is 0.214. The van der Waals surface area contributed by atoms with Crippen LogP contribution >= 0.6 is 0 Å². The van der Waals surface area contributed by atoms with Crippen molar-refractivity contribution in [3.05, 3.63) is 23.9 Å². The molecule has 4 N–H and O–H groups in total. The van der Waals surface area contributed by atoms with Crippen molar-refractivity contribution in [3.8, 4) is 5.75 Å². The van der Waals surface area contributed by atoms with Crippen molar-refractivity contribution in [2.24, 2.45) is 0 Å². The fourth-order valence-corrected chi connectivity index (χ4v) is 1.84. The van der Waals surface area contributed by atoms with E-state index < -0.39 is 5.97 Å². The third kappa shape index (κ3) is 2.24. The Morgan fingerprint density at radius 3 is 2.74 bits per heavy atom. The number of fused-ring (bicyclic) bond motifs is 1. The van der Waals surface area contributed by atoms with Crippen LogP contribution in [0.3, 0.4) is 0 Å². The molecule has 0 spiro atoms. The molecule has 1 heterocycles. The maximum atomic E-state index is 11.7. The van der Waals surface area contributed by atoms with Crippen molar-refractivity contribution < 1.29 is 14.3 Å². The van der Waals surface area contributed by atoms with Gasteiger partial charge in [0.15, 0.2) is 0 Å². The molecule has 2 aromatic rings. The summed E-state index contributed by atoms with van der Waals surface area (Å²) in [5.74, 6) is 0.0744. The molecule has 0 saturated carbocycles. The Labute approximate surface area is 110 Å². The number of aromatic nitrogens is 1. The molecule has 0 saturated heterocycles. The Morgan fingerprint density at radius 1 is 1.37 bits per heavy atom. The van der Waals surface area contributed by atoms with Gasteiger partial charge in [0.25, 0.3) is 0 Å². The second-order valence-electron chi connectivity index (χ2n) is 3.92. The normalized spacial score (nSPS) is 10.4. The number of hydrogen-bond donors (Lipinski definition) is 2. The van der Waals surface area contributed by atoms with E-state index in [1.807, 2.05) is 0 Å². The van der Waals surface area contributed by atoms with Gasteiger partial charge in [0.2, 0.25) is 0 Å². The zero-order valence-corrected chi connectivity index (χ0v) is 10.8. The zero-order valence-electron chi connectivity index (χ0n) is 10.8. The summed E-state index contributed by atoms with van der Waals surface area (Å²) in [5.41, 5.74) is 13.4. The van der Waals surface area contributed by atoms with E-state index in [0.717, 1.165) is 0 Å². The van der Waals surface area contributed by atoms with Crippen molar-refractivity contribution >= 4 is 28.2 Å². The Bertz CT molecular complexity index is 641. The van der Waals surface area contributed by atoms with Gasteiger partial charge in [-0.25, -0.2) is 4.79 Å². The van der Waals surface area contributed by atoms with Crippen molar-refractivity contribution in [1.82, 2.24) is 4.98 Å². The SMILES string of the molecule is CCOC(=O)c1cnc2cc(OC)cc(N)c2c1N. The molecule has 6 heteroatoms. The molecular formula is C13H15N3O3. The number of carbonyl (C=O) groups is 1. The van der Waals surface area contributed by atoms with Crippen molar-refractivity contribution in [3.63, 3.8) is 0 Å². The molecule has 0 unspecified atom stereocenters. The summed E-state index contributed by atoms with van der Waals surface area (Å²) in [5, 5.41) is 0.534. The summed E-state index contributed by atoms with van der Waals surface area (Å²) in [6.45, 7) is 2.00. The van der Waals surface area contributed by atoms with E-state index in [1.165, 1.54) is 13.3 Å². The number of rotatable bonds is 3. The summed E-state index contributed by atoms with van der Waals surface area (Å²) in [4.78, 5) is 15.9. The maximum Gasteiger partial charge on any atom is 0.341 e. The molecule has 6 nitrogen and oxygen atoms in total. The lowest BCUT2D eigenvalue weighted by Crippen LogP contribution is -2.09. The predicted molar refractivity (Wildman–Crippen MR) is 73.1 cm³/mol. The number of hydrogen-bond acceptors (Lipinski definition) is 6. The maximum absolute atomic E-state index is 11.7. The lowest BCUT2D eigenvalue weighted by molar-refractivity contribution is 0.0527. The Hall–Kier alpha value is -2.50. The molecule has 1 aromatic carbocycles. The average molecular weight is 261 g/mol. The van der Waals surface area contributed by atoms with Crippen molar-refractivity contribution in [1.29, 1.82) is 0 Å². The number of carbonyl (C=O) groups excluding carboxylic acids is 1. The zero-order chi connectivity index (χ0) is 14.0. The number of nitrogen functional groups attached to an aromatic ring is 2. The lowest BCUT2D eigenvalue weighted by Gasteiger charge is -2.11. The number of esters is 1. The highest BCUT2D eigenvalue weighted by molar-refractivity contribution is 6.08. The van der Waals surface area contributed by atoms with E-state index in [1.54, 1.807) is 19.1 Å². The molecule has 19 heavy (non-hydrogen) atoms. The van der Waals surface area contributed by atoms with Gasteiger partial charge < -0.3 is 20.9 Å². The smallest absolute Gasteiger partial charge is 0.341 e. The van der Waals surface area contributed by atoms with E-state index in [0.29, 0.717) is 22.3 Å². The molecule has 0 aliphatic heterocycles. The molecule has 100 valence electrons. The molecule has 0 radical (unpaired) electrons. The van der Waals surface area contributed by atoms with Crippen LogP contribution in [0.15, 0.2) is 18.3 Å². The first-order chi connectivity index (χ1) is 9.08. The van der Waals surface area contributed by atoms with E-state index in [4.69, 9.17) is 20.9 Å².